The molecule has 0 radical (unpaired) electrons. The van der Waals surface area contributed by atoms with Crippen LogP contribution in [-0.4, -0.2) is 34.9 Å². The quantitative estimate of drug-likeness (QED) is 0.531. The van der Waals surface area contributed by atoms with Crippen molar-refractivity contribution in [2.75, 3.05) is 5.32 Å². The van der Waals surface area contributed by atoms with Crippen LogP contribution in [0.4, 0.5) is 11.4 Å². The summed E-state index contributed by atoms with van der Waals surface area (Å²) >= 11 is 0. The van der Waals surface area contributed by atoms with Gasteiger partial charge in [-0.1, -0.05) is 24.3 Å². The predicted molar refractivity (Wildman–Crippen MR) is 131 cm³/mol. The number of hydrogen-bond donors (Lipinski definition) is 1. The summed E-state index contributed by atoms with van der Waals surface area (Å²) in [5.41, 5.74) is 3.33. The van der Waals surface area contributed by atoms with Gasteiger partial charge in [0.05, 0.1) is 40.5 Å². The summed E-state index contributed by atoms with van der Waals surface area (Å²) < 4.78 is 0. The normalized spacial score (nSPS) is 27.6. The van der Waals surface area contributed by atoms with Crippen molar-refractivity contribution < 1.29 is 19.2 Å². The molecule has 3 aliphatic carbocycles. The second kappa shape index (κ2) is 7.70. The highest BCUT2D eigenvalue weighted by Gasteiger charge is 2.45. The molecule has 1 aromatic carbocycles. The van der Waals surface area contributed by atoms with Crippen molar-refractivity contribution in [1.82, 2.24) is 0 Å². The SMILES string of the molecule is C=CC1C(=O)C2=C(C(=O)C1C=C)C1Nc3ccc4c(c3N=C1C=C2)C(=O)C(=C/C)/C(=C\C)C4=O. The average Bonchev–Trinajstić information content (AvgIpc) is 2.85. The monoisotopic (exact) mass is 450 g/mol. The molecule has 1 N–H and O–H groups in total. The maximum absolute atomic E-state index is 13.4. The molecule has 1 aliphatic heterocycles. The van der Waals surface area contributed by atoms with Crippen molar-refractivity contribution in [3.05, 3.63) is 95.2 Å². The summed E-state index contributed by atoms with van der Waals surface area (Å²) in [5, 5.41) is 3.30. The number of aliphatic imine (C=N–C) groups is 1. The predicted octanol–water partition coefficient (Wildman–Crippen LogP) is 4.45. The molecule has 4 aliphatic rings. The van der Waals surface area contributed by atoms with Crippen molar-refractivity contribution in [1.29, 1.82) is 0 Å². The lowest BCUT2D eigenvalue weighted by molar-refractivity contribution is -0.127. The van der Waals surface area contributed by atoms with Gasteiger partial charge >= 0.3 is 0 Å². The summed E-state index contributed by atoms with van der Waals surface area (Å²) in [6.07, 6.45) is 9.55. The molecule has 5 rings (SSSR count). The van der Waals surface area contributed by atoms with Crippen molar-refractivity contribution >= 4 is 40.2 Å². The molecular weight excluding hydrogens is 428 g/mol. The fourth-order valence-corrected chi connectivity index (χ4v) is 5.21. The van der Waals surface area contributed by atoms with Gasteiger partial charge in [0.25, 0.3) is 0 Å². The zero-order chi connectivity index (χ0) is 24.3. The van der Waals surface area contributed by atoms with Crippen LogP contribution in [0.3, 0.4) is 0 Å². The van der Waals surface area contributed by atoms with Crippen molar-refractivity contribution in [3.8, 4) is 0 Å². The van der Waals surface area contributed by atoms with Gasteiger partial charge in [0.15, 0.2) is 23.1 Å². The molecule has 0 bridgehead atoms. The third kappa shape index (κ3) is 2.71. The Bertz CT molecular complexity index is 1410. The molecule has 0 fully saturated rings. The molecule has 0 saturated carbocycles. The van der Waals surface area contributed by atoms with Crippen LogP contribution in [0.2, 0.25) is 0 Å². The first kappa shape index (κ1) is 21.6. The first-order valence-corrected chi connectivity index (χ1v) is 11.1. The van der Waals surface area contributed by atoms with E-state index < -0.39 is 17.9 Å². The summed E-state index contributed by atoms with van der Waals surface area (Å²) in [4.78, 5) is 57.6. The Balaban J connectivity index is 1.67. The topological polar surface area (TPSA) is 92.7 Å². The molecule has 3 atom stereocenters. The number of fused-ring (bicyclic) bond motifs is 5. The van der Waals surface area contributed by atoms with Crippen molar-refractivity contribution in [3.63, 3.8) is 0 Å². The number of ketones is 4. The summed E-state index contributed by atoms with van der Waals surface area (Å²) in [7, 11) is 0. The lowest BCUT2D eigenvalue weighted by Gasteiger charge is -2.37. The lowest BCUT2D eigenvalue weighted by Crippen LogP contribution is -2.46. The van der Waals surface area contributed by atoms with Gasteiger partial charge in [-0.05, 0) is 38.1 Å². The average molecular weight is 450 g/mol. The second-order valence-electron chi connectivity index (χ2n) is 8.47. The molecule has 0 amide bonds. The van der Waals surface area contributed by atoms with E-state index in [1.165, 1.54) is 12.2 Å². The van der Waals surface area contributed by atoms with Gasteiger partial charge in [-0.25, -0.2) is 4.99 Å². The van der Waals surface area contributed by atoms with E-state index in [0.717, 1.165) is 0 Å². The Kier molecular flexibility index (Phi) is 4.90. The maximum Gasteiger partial charge on any atom is 0.196 e. The van der Waals surface area contributed by atoms with Gasteiger partial charge in [-0.15, -0.1) is 13.2 Å². The van der Waals surface area contributed by atoms with Gasteiger partial charge in [0, 0.05) is 27.9 Å². The van der Waals surface area contributed by atoms with Crippen LogP contribution in [0, 0.1) is 11.8 Å². The summed E-state index contributed by atoms with van der Waals surface area (Å²) in [6.45, 7) is 10.9. The number of nitrogens with zero attached hydrogens (tertiary/aromatic N) is 1. The van der Waals surface area contributed by atoms with Crippen LogP contribution in [0.15, 0.2) is 89.0 Å². The molecule has 34 heavy (non-hydrogen) atoms. The Labute approximate surface area is 196 Å². The number of carbonyl (C=O) groups excluding carboxylic acids is 4. The zero-order valence-electron chi connectivity index (χ0n) is 18.8. The minimum Gasteiger partial charge on any atom is -0.371 e. The third-order valence-corrected chi connectivity index (χ3v) is 6.87. The molecule has 1 aromatic rings. The number of carbonyl (C=O) groups is 4. The number of benzene rings is 1. The third-order valence-electron chi connectivity index (χ3n) is 6.87. The van der Waals surface area contributed by atoms with Gasteiger partial charge in [-0.3, -0.25) is 19.2 Å². The molecule has 3 unspecified atom stereocenters. The van der Waals surface area contributed by atoms with Gasteiger partial charge in [-0.2, -0.15) is 0 Å². The fourth-order valence-electron chi connectivity index (χ4n) is 5.21. The van der Waals surface area contributed by atoms with Gasteiger partial charge in [0.1, 0.15) is 0 Å². The number of hydrogen-bond acceptors (Lipinski definition) is 6. The molecule has 6 heteroatoms. The largest absolute Gasteiger partial charge is 0.371 e. The minimum atomic E-state index is -0.695. The molecule has 1 heterocycles. The van der Waals surface area contributed by atoms with E-state index in [4.69, 9.17) is 4.99 Å². The van der Waals surface area contributed by atoms with E-state index in [9.17, 15) is 19.2 Å². The minimum absolute atomic E-state index is 0.180. The van der Waals surface area contributed by atoms with Crippen molar-refractivity contribution in [2.24, 2.45) is 16.8 Å². The number of nitrogens with one attached hydrogen (secondary N) is 1. The number of anilines is 1. The maximum atomic E-state index is 13.4. The van der Waals surface area contributed by atoms with Crippen LogP contribution < -0.4 is 5.32 Å². The standard InChI is InChI=1S/C28H22N2O4/c1-5-13-15(7-3)27(33)21-17(25(13)31)9-11-19-23(21)29-20-12-10-18-22(24(20)30-19)28(34)16(8-4)14(6-2)26(18)32/h5-13,15,23,29H,1,3H2,2,4H3/b14-6+,16-8+. The van der Waals surface area contributed by atoms with Crippen LogP contribution in [0.5, 0.6) is 0 Å². The number of Topliss-reactive ketones (excluding diaryl/α,β-unsaturated/α-hetero) is 4. The highest BCUT2D eigenvalue weighted by molar-refractivity contribution is 6.34. The van der Waals surface area contributed by atoms with E-state index in [2.05, 4.69) is 18.5 Å². The first-order chi connectivity index (χ1) is 16.4. The van der Waals surface area contributed by atoms with Gasteiger partial charge < -0.3 is 5.32 Å². The highest BCUT2D eigenvalue weighted by Crippen LogP contribution is 2.44. The van der Waals surface area contributed by atoms with E-state index in [-0.39, 0.29) is 28.7 Å². The molecular formula is C28H22N2O4. The smallest absolute Gasteiger partial charge is 0.196 e. The van der Waals surface area contributed by atoms with Crippen LogP contribution >= 0.6 is 0 Å². The number of allylic oxidation sites excluding steroid dienone is 8. The Morgan fingerprint density at radius 3 is 2.18 bits per heavy atom. The first-order valence-electron chi connectivity index (χ1n) is 11.1. The van der Waals surface area contributed by atoms with Crippen LogP contribution in [0.25, 0.3) is 0 Å². The molecule has 0 spiro atoms. The zero-order valence-corrected chi connectivity index (χ0v) is 18.8. The highest BCUT2D eigenvalue weighted by atomic mass is 16.1. The fraction of sp³-hybridized carbons (Fsp3) is 0.179. The molecule has 0 saturated heterocycles. The van der Waals surface area contributed by atoms with E-state index in [1.54, 1.807) is 50.3 Å². The van der Waals surface area contributed by atoms with Crippen LogP contribution in [0.1, 0.15) is 34.6 Å². The Morgan fingerprint density at radius 1 is 0.882 bits per heavy atom. The van der Waals surface area contributed by atoms with Crippen LogP contribution in [-0.2, 0) is 9.59 Å². The molecule has 6 nitrogen and oxygen atoms in total. The summed E-state index contributed by atoms with van der Waals surface area (Å²) in [6, 6.07) is 2.66. The van der Waals surface area contributed by atoms with Crippen molar-refractivity contribution in [2.45, 2.75) is 19.9 Å². The van der Waals surface area contributed by atoms with Gasteiger partial charge in [0.2, 0.25) is 0 Å². The van der Waals surface area contributed by atoms with E-state index in [1.807, 2.05) is 0 Å². The number of rotatable bonds is 2. The summed E-state index contributed by atoms with van der Waals surface area (Å²) in [5.74, 6) is -2.23. The molecule has 0 aromatic heterocycles. The molecule has 168 valence electrons. The second-order valence-corrected chi connectivity index (χ2v) is 8.47. The lowest BCUT2D eigenvalue weighted by atomic mass is 9.69. The Hall–Kier alpha value is -4.19. The van der Waals surface area contributed by atoms with E-state index in [0.29, 0.717) is 44.9 Å². The van der Waals surface area contributed by atoms with E-state index >= 15 is 0 Å². The Morgan fingerprint density at radius 2 is 1.53 bits per heavy atom.